The summed E-state index contributed by atoms with van der Waals surface area (Å²) in [5.74, 6) is 1.48. The molecule has 0 bridgehead atoms. The van der Waals surface area contributed by atoms with Crippen molar-refractivity contribution in [2.75, 3.05) is 19.8 Å². The summed E-state index contributed by atoms with van der Waals surface area (Å²) >= 11 is 0. The first-order chi connectivity index (χ1) is 15.3. The molecule has 31 heavy (non-hydrogen) atoms. The lowest BCUT2D eigenvalue weighted by atomic mass is 10.0. The highest BCUT2D eigenvalue weighted by atomic mass is 16.5. The number of benzene rings is 1. The van der Waals surface area contributed by atoms with E-state index in [1.165, 1.54) is 56.9 Å². The second-order valence-corrected chi connectivity index (χ2v) is 8.33. The van der Waals surface area contributed by atoms with Crippen LogP contribution in [0.5, 0.6) is 5.75 Å². The van der Waals surface area contributed by atoms with E-state index in [0.29, 0.717) is 6.61 Å². The predicted octanol–water partition coefficient (Wildman–Crippen LogP) is 7.41. The number of hydrogen-bond acceptors (Lipinski definition) is 4. The Balaban J connectivity index is 1.63. The Hall–Kier alpha value is -1.94. The number of rotatable bonds is 18. The van der Waals surface area contributed by atoms with Crippen molar-refractivity contribution in [2.45, 2.75) is 90.9 Å². The van der Waals surface area contributed by atoms with Crippen LogP contribution in [-0.2, 0) is 11.2 Å². The quantitative estimate of drug-likeness (QED) is 0.233. The van der Waals surface area contributed by atoms with Gasteiger partial charge in [0.2, 0.25) is 0 Å². The van der Waals surface area contributed by atoms with Crippen molar-refractivity contribution in [1.82, 2.24) is 9.97 Å². The highest BCUT2D eigenvalue weighted by Gasteiger charge is 2.03. The van der Waals surface area contributed by atoms with Crippen LogP contribution in [0.4, 0.5) is 0 Å². The molecule has 0 aliphatic heterocycles. The number of ether oxygens (including phenoxy) is 2. The van der Waals surface area contributed by atoms with Crippen LogP contribution in [0.15, 0.2) is 36.7 Å². The lowest BCUT2D eigenvalue weighted by Gasteiger charge is -2.07. The first-order valence-electron chi connectivity index (χ1n) is 12.5. The van der Waals surface area contributed by atoms with E-state index in [9.17, 15) is 0 Å². The minimum atomic E-state index is 0.674. The highest BCUT2D eigenvalue weighted by molar-refractivity contribution is 5.55. The van der Waals surface area contributed by atoms with Crippen LogP contribution in [0.1, 0.15) is 90.0 Å². The van der Waals surface area contributed by atoms with E-state index in [2.05, 4.69) is 48.1 Å². The molecular formula is C27H42N2O2. The lowest BCUT2D eigenvalue weighted by Crippen LogP contribution is -2.02. The van der Waals surface area contributed by atoms with Gasteiger partial charge in [-0.3, -0.25) is 0 Å². The van der Waals surface area contributed by atoms with Gasteiger partial charge >= 0.3 is 0 Å². The molecule has 2 aromatic rings. The molecule has 0 atom stereocenters. The molecule has 0 radical (unpaired) electrons. The molecule has 1 aromatic carbocycles. The zero-order chi connectivity index (χ0) is 22.0. The minimum absolute atomic E-state index is 0.674. The summed E-state index contributed by atoms with van der Waals surface area (Å²) in [7, 11) is 0. The molecule has 0 saturated carbocycles. The zero-order valence-electron chi connectivity index (χ0n) is 19.8. The van der Waals surface area contributed by atoms with Gasteiger partial charge in [-0.25, -0.2) is 9.97 Å². The fraction of sp³-hybridized carbons (Fsp3) is 0.630. The van der Waals surface area contributed by atoms with Gasteiger partial charge in [-0.15, -0.1) is 0 Å². The average molecular weight is 427 g/mol. The van der Waals surface area contributed by atoms with Gasteiger partial charge in [-0.05, 0) is 37.7 Å². The van der Waals surface area contributed by atoms with E-state index in [-0.39, 0.29) is 0 Å². The largest absolute Gasteiger partial charge is 0.490 e. The van der Waals surface area contributed by atoms with Crippen molar-refractivity contribution in [3.05, 3.63) is 42.2 Å². The van der Waals surface area contributed by atoms with Gasteiger partial charge < -0.3 is 9.47 Å². The Morgan fingerprint density at radius 1 is 0.645 bits per heavy atom. The van der Waals surface area contributed by atoms with Crippen LogP contribution in [0.25, 0.3) is 11.4 Å². The van der Waals surface area contributed by atoms with Gasteiger partial charge in [0.1, 0.15) is 0 Å². The van der Waals surface area contributed by atoms with Crippen LogP contribution >= 0.6 is 0 Å². The van der Waals surface area contributed by atoms with E-state index in [1.54, 1.807) is 12.4 Å². The Kier molecular flexibility index (Phi) is 13.7. The molecule has 0 fully saturated rings. The zero-order valence-corrected chi connectivity index (χ0v) is 19.8. The van der Waals surface area contributed by atoms with E-state index < -0.39 is 0 Å². The number of aromatic nitrogens is 2. The topological polar surface area (TPSA) is 44.2 Å². The van der Waals surface area contributed by atoms with Gasteiger partial charge in [-0.2, -0.15) is 0 Å². The number of unbranched alkanes of at least 4 members (excludes halogenated alkanes) is 8. The summed E-state index contributed by atoms with van der Waals surface area (Å²) in [5.41, 5.74) is 2.45. The Bertz CT molecular complexity index is 671. The lowest BCUT2D eigenvalue weighted by molar-refractivity contribution is 0.123. The highest BCUT2D eigenvalue weighted by Crippen LogP contribution is 2.19. The summed E-state index contributed by atoms with van der Waals surface area (Å²) in [5, 5.41) is 0. The van der Waals surface area contributed by atoms with Crippen LogP contribution in [0.2, 0.25) is 0 Å². The molecule has 0 spiro atoms. The molecule has 1 heterocycles. The smallest absolute Gasteiger partial charge is 0.159 e. The molecule has 0 N–H and O–H groups in total. The summed E-state index contributed by atoms with van der Waals surface area (Å²) in [4.78, 5) is 8.96. The molecule has 0 saturated heterocycles. The SMILES string of the molecule is CCCCCCCCCc1ccc(-c2ncc(OCCCCOCCCC)cn2)cc1. The van der Waals surface area contributed by atoms with E-state index in [0.717, 1.165) is 56.0 Å². The number of aryl methyl sites for hydroxylation is 1. The second-order valence-electron chi connectivity index (χ2n) is 8.33. The van der Waals surface area contributed by atoms with Crippen molar-refractivity contribution in [2.24, 2.45) is 0 Å². The van der Waals surface area contributed by atoms with Crippen LogP contribution < -0.4 is 4.74 Å². The average Bonchev–Trinajstić information content (AvgIpc) is 2.81. The standard InChI is InChI=1S/C27H42N2O2/c1-3-5-7-8-9-10-11-14-24-15-17-25(18-16-24)27-28-22-26(23-29-27)31-21-13-12-20-30-19-6-4-2/h15-18,22-23H,3-14,19-21H2,1-2H3. The van der Waals surface area contributed by atoms with Crippen molar-refractivity contribution in [3.8, 4) is 17.1 Å². The second kappa shape index (κ2) is 16.7. The summed E-state index contributed by atoms with van der Waals surface area (Å²) < 4.78 is 11.3. The first-order valence-corrected chi connectivity index (χ1v) is 12.5. The molecule has 0 amide bonds. The third-order valence-corrected chi connectivity index (χ3v) is 5.50. The summed E-state index contributed by atoms with van der Waals surface area (Å²) in [6.45, 7) is 6.80. The molecule has 1 aromatic heterocycles. The Morgan fingerprint density at radius 2 is 1.26 bits per heavy atom. The van der Waals surface area contributed by atoms with Gasteiger partial charge in [0.25, 0.3) is 0 Å². The molecule has 172 valence electrons. The maximum atomic E-state index is 5.75. The molecule has 4 heteroatoms. The van der Waals surface area contributed by atoms with Gasteiger partial charge in [-0.1, -0.05) is 83.1 Å². The van der Waals surface area contributed by atoms with Crippen LogP contribution in [-0.4, -0.2) is 29.8 Å². The summed E-state index contributed by atoms with van der Waals surface area (Å²) in [6, 6.07) is 8.68. The van der Waals surface area contributed by atoms with Gasteiger partial charge in [0.15, 0.2) is 11.6 Å². The minimum Gasteiger partial charge on any atom is -0.490 e. The molecule has 0 unspecified atom stereocenters. The predicted molar refractivity (Wildman–Crippen MR) is 130 cm³/mol. The van der Waals surface area contributed by atoms with Crippen molar-refractivity contribution in [3.63, 3.8) is 0 Å². The van der Waals surface area contributed by atoms with Crippen molar-refractivity contribution < 1.29 is 9.47 Å². The number of hydrogen-bond donors (Lipinski definition) is 0. The maximum absolute atomic E-state index is 5.75. The number of nitrogens with zero attached hydrogens (tertiary/aromatic N) is 2. The molecular weight excluding hydrogens is 384 g/mol. The third-order valence-electron chi connectivity index (χ3n) is 5.50. The van der Waals surface area contributed by atoms with Crippen molar-refractivity contribution >= 4 is 0 Å². The van der Waals surface area contributed by atoms with E-state index in [1.807, 2.05) is 0 Å². The van der Waals surface area contributed by atoms with Crippen LogP contribution in [0, 0.1) is 0 Å². The van der Waals surface area contributed by atoms with Gasteiger partial charge in [0.05, 0.1) is 19.0 Å². The molecule has 0 aliphatic rings. The van der Waals surface area contributed by atoms with E-state index >= 15 is 0 Å². The fourth-order valence-electron chi connectivity index (χ4n) is 3.49. The van der Waals surface area contributed by atoms with Crippen LogP contribution in [0.3, 0.4) is 0 Å². The van der Waals surface area contributed by atoms with Gasteiger partial charge in [0, 0.05) is 18.8 Å². The first kappa shape index (κ1) is 25.3. The van der Waals surface area contributed by atoms with E-state index in [4.69, 9.17) is 9.47 Å². The molecule has 0 aliphatic carbocycles. The molecule has 2 rings (SSSR count). The maximum Gasteiger partial charge on any atom is 0.159 e. The Morgan fingerprint density at radius 3 is 1.97 bits per heavy atom. The van der Waals surface area contributed by atoms with Crippen molar-refractivity contribution in [1.29, 1.82) is 0 Å². The normalized spacial score (nSPS) is 11.0. The molecule has 4 nitrogen and oxygen atoms in total. The third kappa shape index (κ3) is 11.3. The fourth-order valence-corrected chi connectivity index (χ4v) is 3.49. The Labute approximate surface area is 189 Å². The monoisotopic (exact) mass is 426 g/mol. The summed E-state index contributed by atoms with van der Waals surface area (Å²) in [6.07, 6.45) is 18.5.